The number of aromatic hydroxyl groups is 1. The van der Waals surface area contributed by atoms with Crippen molar-refractivity contribution in [1.82, 2.24) is 97.6 Å². The van der Waals surface area contributed by atoms with Gasteiger partial charge < -0.3 is 130 Å². The topological polar surface area (TPSA) is 678 Å². The summed E-state index contributed by atoms with van der Waals surface area (Å²) in [5.74, 6) is -21.3. The van der Waals surface area contributed by atoms with Gasteiger partial charge in [0, 0.05) is 112 Å². The van der Waals surface area contributed by atoms with Crippen molar-refractivity contribution in [1.29, 1.82) is 0 Å². The lowest BCUT2D eigenvalue weighted by Gasteiger charge is -2.36. The molecular formula is C93H130N22O23S. The quantitative estimate of drug-likeness (QED) is 0.0216. The average Bonchev–Trinajstić information content (AvgIpc) is 1.70. The van der Waals surface area contributed by atoms with Crippen molar-refractivity contribution in [2.75, 3.05) is 58.8 Å². The van der Waals surface area contributed by atoms with Crippen LogP contribution < -0.4 is 75.7 Å². The van der Waals surface area contributed by atoms with Crippen molar-refractivity contribution in [3.05, 3.63) is 120 Å². The van der Waals surface area contributed by atoms with Crippen molar-refractivity contribution < 1.29 is 112 Å². The van der Waals surface area contributed by atoms with E-state index >= 15 is 24.0 Å². The number of aliphatic carboxylic acids is 3. The van der Waals surface area contributed by atoms with Crippen LogP contribution in [0.3, 0.4) is 0 Å². The van der Waals surface area contributed by atoms with Crippen LogP contribution in [0.1, 0.15) is 159 Å². The molecule has 6 aromatic rings. The molecule has 14 atom stereocenters. The molecule has 0 spiro atoms. The number of thioether (sulfide) groups is 1. The minimum Gasteiger partial charge on any atom is -0.508 e. The number of aromatic amines is 2. The number of hydrogen-bond acceptors (Lipinski definition) is 24. The number of phenolic OH excluding ortho intramolecular Hbond substituents is 1. The predicted molar refractivity (Wildman–Crippen MR) is 508 cm³/mol. The molecule has 3 aromatic heterocycles. The second-order valence-corrected chi connectivity index (χ2v) is 35.8. The predicted octanol–water partition coefficient (Wildman–Crippen LogP) is -1.41. The van der Waals surface area contributed by atoms with Crippen LogP contribution in [0, 0.1) is 0 Å². The highest BCUT2D eigenvalue weighted by Gasteiger charge is 2.44. The molecule has 0 bridgehead atoms. The number of benzene rings is 3. The third-order valence-corrected chi connectivity index (χ3v) is 25.4. The molecule has 2 aliphatic heterocycles. The number of nitrogens with zero attached hydrogens (tertiary/aromatic N) is 6. The summed E-state index contributed by atoms with van der Waals surface area (Å²) in [6.45, 7) is 4.89. The SMILES string of the molecule is CCCC[C@H]1C(=O)N(C)[C@@H](CCCC)C(=O)N[C@@H](CCC(=O)O)C(=O)N[C@H](C(=O)NCC(N)=O)CSCC(=O)N[C@@H](Cc2ccc(O)cc2)C(=O)N(C)[C@@H](C)C(=O)N[C@@H](CC(=O)O)C(=O)N2CCCC2C(=O)N[C@@H](Cc2cnc[nH]2)C(=O)N[C@@H](CCCCN)C(=O)N[C@H](C)C(=O)N[C@@H](Cc2c[nH]c3ccccc23)C(=O)N[C@@H](CCCCN)C(=O)N[C@@H](Cc2cn(CC(=O)O)c3ccccc23)C(=O)N1C. The normalized spacial score (nSPS) is 23.3. The summed E-state index contributed by atoms with van der Waals surface area (Å²) in [6.07, 6.45) is 4.08. The number of amides is 16. The Labute approximate surface area is 806 Å². The molecule has 2 fully saturated rings. The van der Waals surface area contributed by atoms with Crippen molar-refractivity contribution in [3.8, 4) is 5.75 Å². The molecule has 23 N–H and O–H groups in total. The molecule has 2 saturated heterocycles. The largest absolute Gasteiger partial charge is 0.508 e. The van der Waals surface area contributed by atoms with Crippen LogP contribution in [0.15, 0.2) is 97.7 Å². The summed E-state index contributed by atoms with van der Waals surface area (Å²) in [5, 5.41) is 70.6. The fourth-order valence-corrected chi connectivity index (χ4v) is 17.4. The minimum atomic E-state index is -1.92. The van der Waals surface area contributed by atoms with Gasteiger partial charge in [0.05, 0.1) is 25.0 Å². The molecule has 0 radical (unpaired) electrons. The Balaban J connectivity index is 1.22. The Bertz CT molecular complexity index is 5320. The number of unbranched alkanes of at least 4 members (excludes halogenated alkanes) is 4. The highest BCUT2D eigenvalue weighted by atomic mass is 32.2. The maximum atomic E-state index is 16.0. The fourth-order valence-electron chi connectivity index (χ4n) is 16.5. The van der Waals surface area contributed by atoms with Gasteiger partial charge in [0.2, 0.25) is 94.5 Å². The van der Waals surface area contributed by atoms with Crippen LogP contribution in [0.5, 0.6) is 5.75 Å². The lowest BCUT2D eigenvalue weighted by atomic mass is 9.99. The number of rotatable bonds is 32. The first-order valence-corrected chi connectivity index (χ1v) is 47.6. The van der Waals surface area contributed by atoms with E-state index in [-0.39, 0.29) is 109 Å². The molecule has 16 amide bonds. The van der Waals surface area contributed by atoms with Crippen LogP contribution in [-0.4, -0.2) is 315 Å². The summed E-state index contributed by atoms with van der Waals surface area (Å²) in [4.78, 5) is 289. The zero-order valence-electron chi connectivity index (χ0n) is 79.0. The third kappa shape index (κ3) is 32.6. The molecule has 8 rings (SSSR count). The van der Waals surface area contributed by atoms with Crippen molar-refractivity contribution in [2.24, 2.45) is 17.2 Å². The highest BCUT2D eigenvalue weighted by Crippen LogP contribution is 2.28. The molecule has 46 heteroatoms. The van der Waals surface area contributed by atoms with E-state index in [1.54, 1.807) is 61.7 Å². The van der Waals surface area contributed by atoms with E-state index in [1.807, 2.05) is 6.92 Å². The second-order valence-electron chi connectivity index (χ2n) is 34.8. The number of imidazole rings is 1. The van der Waals surface area contributed by atoms with Gasteiger partial charge in [-0.1, -0.05) is 88.1 Å². The van der Waals surface area contributed by atoms with Crippen LogP contribution in [0.25, 0.3) is 21.8 Å². The number of carboxylic acids is 3. The summed E-state index contributed by atoms with van der Waals surface area (Å²) in [6, 6.07) is -3.28. The first-order chi connectivity index (χ1) is 66.2. The number of likely N-dealkylation sites (N-methyl/N-ethyl adjacent to an activating group) is 3. The zero-order chi connectivity index (χ0) is 102. The van der Waals surface area contributed by atoms with Gasteiger partial charge in [-0.05, 0) is 139 Å². The zero-order valence-corrected chi connectivity index (χ0v) is 79.8. The number of hydrogen-bond donors (Lipinski definition) is 20. The molecule has 756 valence electrons. The van der Waals surface area contributed by atoms with Gasteiger partial charge in [-0.15, -0.1) is 11.8 Å². The summed E-state index contributed by atoms with van der Waals surface area (Å²) < 4.78 is 1.43. The van der Waals surface area contributed by atoms with Gasteiger partial charge in [0.25, 0.3) is 0 Å². The van der Waals surface area contributed by atoms with E-state index in [0.717, 1.165) is 19.6 Å². The number of carbonyl (C=O) groups excluding carboxylic acids is 16. The van der Waals surface area contributed by atoms with E-state index < -0.39 is 247 Å². The van der Waals surface area contributed by atoms with Crippen LogP contribution in [0.4, 0.5) is 0 Å². The molecule has 5 heterocycles. The van der Waals surface area contributed by atoms with Gasteiger partial charge in [0.15, 0.2) is 0 Å². The van der Waals surface area contributed by atoms with Gasteiger partial charge in [-0.3, -0.25) is 91.1 Å². The standard InChI is InChI=1S/C93H130N22O23S/c1-8-10-26-72-88(133)105-64(34-35-77(119)120)85(130)110-70(82(127)99-46-75(96)117)49-139-50-76(118)102-67(39-54-30-32-58(116)33-31-54)90(135)111(5)53(4)81(126)108-69(43-78(121)122)92(137)115-38-20-29-73(115)89(134)107-66(42-57-45-97-51-100-57)87(132)103-62(24-16-18-36-94)83(128)101-52(3)80(125)106-65(40-55-44-98-61-23-14-12-21-59(55)61)86(131)104-63(25-17-19-37-95)84(129)109-68(91(136)113(7)74(27-11-9-2)93(138)112(72)6)41-56-47-114(48-79(123)124)71-28-15-13-22-60(56)71/h12-15,21-23,28,30-33,44-45,47,51-53,62-70,72-74,98,116H,8-11,16-20,24-27,29,34-43,46,48-50,94-95H2,1-7H3,(H2,96,117)(H,97,100)(H,99,127)(H,101,128)(H,102,118)(H,103,132)(H,104,131)(H,105,133)(H,106,125)(H,107,134)(H,108,126)(H,109,129)(H,110,130)(H,119,120)(H,121,122)(H,123,124)/t52-,53+,62+,63+,64+,65+,66+,67+,68+,69+,70+,72+,73?,74+/m1/s1. The Morgan fingerprint density at radius 1 is 0.511 bits per heavy atom. The van der Waals surface area contributed by atoms with Gasteiger partial charge in [0.1, 0.15) is 96.9 Å². The Morgan fingerprint density at radius 3 is 1.68 bits per heavy atom. The maximum Gasteiger partial charge on any atom is 0.323 e. The van der Waals surface area contributed by atoms with Crippen LogP contribution in [0.2, 0.25) is 0 Å². The maximum absolute atomic E-state index is 16.0. The van der Waals surface area contributed by atoms with E-state index in [0.29, 0.717) is 81.6 Å². The minimum absolute atomic E-state index is 0.0547. The summed E-state index contributed by atoms with van der Waals surface area (Å²) in [5.41, 5.74) is 19.9. The third-order valence-electron chi connectivity index (χ3n) is 24.4. The number of primary amides is 1. The Kier molecular flexibility index (Phi) is 43.0. The molecule has 3 aromatic carbocycles. The number of phenols is 1. The lowest BCUT2D eigenvalue weighted by Crippen LogP contribution is -2.61. The van der Waals surface area contributed by atoms with E-state index in [4.69, 9.17) is 17.2 Å². The number of nitrogens with one attached hydrogen (secondary N) is 13. The van der Waals surface area contributed by atoms with Gasteiger partial charge in [-0.2, -0.15) is 0 Å². The summed E-state index contributed by atoms with van der Waals surface area (Å²) in [7, 11) is 3.75. The lowest BCUT2D eigenvalue weighted by molar-refractivity contribution is -0.149. The number of para-hydroxylation sites is 2. The molecular weight excluding hydrogens is 1830 g/mol. The van der Waals surface area contributed by atoms with E-state index in [9.17, 15) is 87.5 Å². The molecule has 139 heavy (non-hydrogen) atoms. The number of nitrogens with two attached hydrogens (primary N) is 3. The first-order valence-electron chi connectivity index (χ1n) is 46.5. The molecule has 0 saturated carbocycles. The van der Waals surface area contributed by atoms with E-state index in [1.165, 1.54) is 82.5 Å². The second kappa shape index (κ2) is 54.2. The number of H-pyrrole nitrogens is 2. The van der Waals surface area contributed by atoms with Gasteiger partial charge in [-0.25, -0.2) is 4.98 Å². The molecule has 45 nitrogen and oxygen atoms in total. The highest BCUT2D eigenvalue weighted by molar-refractivity contribution is 8.00. The number of carboxylic acid groups (broad SMARTS) is 3. The smallest absolute Gasteiger partial charge is 0.323 e. The number of carbonyl (C=O) groups is 19. The molecule has 2 aliphatic rings. The Morgan fingerprint density at radius 2 is 1.06 bits per heavy atom. The van der Waals surface area contributed by atoms with Gasteiger partial charge >= 0.3 is 17.9 Å². The summed E-state index contributed by atoms with van der Waals surface area (Å²) >= 11 is 0.690. The van der Waals surface area contributed by atoms with Crippen LogP contribution in [-0.2, 0) is 123 Å². The molecule has 0 aliphatic carbocycles. The van der Waals surface area contributed by atoms with E-state index in [2.05, 4.69) is 73.4 Å². The van der Waals surface area contributed by atoms with Crippen molar-refractivity contribution in [3.63, 3.8) is 0 Å². The monoisotopic (exact) mass is 1950 g/mol. The van der Waals surface area contributed by atoms with Crippen molar-refractivity contribution >= 4 is 146 Å². The van der Waals surface area contributed by atoms with Crippen LogP contribution >= 0.6 is 11.8 Å². The first kappa shape index (κ1) is 110. The average molecular weight is 1960 g/mol. The molecule has 1 unspecified atom stereocenters. The Hall–Kier alpha value is -14.1. The van der Waals surface area contributed by atoms with Crippen molar-refractivity contribution in [2.45, 2.75) is 254 Å². The number of fused-ring (bicyclic) bond motifs is 3. The fraction of sp³-hybridized carbons (Fsp3) is 0.527. The number of aromatic nitrogens is 4.